The fourth-order valence-corrected chi connectivity index (χ4v) is 3.21. The van der Waals surface area contributed by atoms with E-state index in [-0.39, 0.29) is 36.8 Å². The molecule has 0 radical (unpaired) electrons. The van der Waals surface area contributed by atoms with Crippen molar-refractivity contribution in [1.29, 1.82) is 0 Å². The average Bonchev–Trinajstić information content (AvgIpc) is 3.34. The summed E-state index contributed by atoms with van der Waals surface area (Å²) in [4.78, 5) is 24.8. The molecule has 3 rings (SSSR count). The predicted molar refractivity (Wildman–Crippen MR) is 151 cm³/mol. The van der Waals surface area contributed by atoms with Crippen LogP contribution in [0, 0.1) is 0 Å². The number of ether oxygens (including phenoxy) is 3. The van der Waals surface area contributed by atoms with Crippen LogP contribution < -0.4 is 36.5 Å². The van der Waals surface area contributed by atoms with Crippen LogP contribution in [0.5, 0.6) is 17.2 Å². The Morgan fingerprint density at radius 2 is 1.61 bits per heavy atom. The van der Waals surface area contributed by atoms with Gasteiger partial charge in [0.2, 0.25) is 5.91 Å². The van der Waals surface area contributed by atoms with E-state index in [4.69, 9.17) is 25.6 Å². The van der Waals surface area contributed by atoms with Crippen molar-refractivity contribution < 1.29 is 46.6 Å². The van der Waals surface area contributed by atoms with Crippen LogP contribution in [0.15, 0.2) is 36.4 Å². The van der Waals surface area contributed by atoms with Gasteiger partial charge in [-0.05, 0) is 42.8 Å². The van der Waals surface area contributed by atoms with Gasteiger partial charge in [0.05, 0.1) is 6.61 Å². The first-order valence-electron chi connectivity index (χ1n) is 13.3. The number of primary amides is 1. The molecule has 6 N–H and O–H groups in total. The van der Waals surface area contributed by atoms with Crippen LogP contribution >= 0.6 is 0 Å². The molecular formula is C27H41BF3N3O7. The van der Waals surface area contributed by atoms with Crippen LogP contribution in [0.1, 0.15) is 64.4 Å². The summed E-state index contributed by atoms with van der Waals surface area (Å²) in [7, 11) is -1.24. The van der Waals surface area contributed by atoms with E-state index in [1.807, 2.05) is 41.5 Å². The van der Waals surface area contributed by atoms with Gasteiger partial charge in [-0.2, -0.15) is 0 Å². The van der Waals surface area contributed by atoms with Crippen LogP contribution in [0.25, 0.3) is 0 Å². The molecule has 0 saturated heterocycles. The summed E-state index contributed by atoms with van der Waals surface area (Å²) in [6.07, 6.45) is -4.88. The standard InChI is InChI=1S/C21H23BF3N3O7.3C2H6/c1-20(19(27)30,28-18(29)12-2-5-14(6-3-12)35-21(23,24)25)11-33-15-7-4-13-10-34-22(31)16(13)17(15)32-9-8-26;3*1-2/h2-7,31H,8-11,26H2,1H3,(H2,27,30)(H,28,29);3*1-2H3. The third kappa shape index (κ3) is 11.1. The van der Waals surface area contributed by atoms with Crippen molar-refractivity contribution in [2.24, 2.45) is 11.5 Å². The van der Waals surface area contributed by atoms with Gasteiger partial charge in [-0.15, -0.1) is 13.2 Å². The third-order valence-electron chi connectivity index (χ3n) is 5.06. The summed E-state index contributed by atoms with van der Waals surface area (Å²) in [6.45, 7) is 13.3. The first-order chi connectivity index (χ1) is 19.4. The number of hydrogen-bond donors (Lipinski definition) is 4. The largest absolute Gasteiger partial charge is 0.573 e. The highest BCUT2D eigenvalue weighted by Gasteiger charge is 2.37. The van der Waals surface area contributed by atoms with E-state index in [0.717, 1.165) is 24.3 Å². The zero-order valence-electron chi connectivity index (χ0n) is 24.6. The Morgan fingerprint density at radius 1 is 1.02 bits per heavy atom. The second kappa shape index (κ2) is 18.0. The van der Waals surface area contributed by atoms with E-state index in [2.05, 4.69) is 10.1 Å². The number of carbonyl (C=O) groups excluding carboxylic acids is 2. The summed E-state index contributed by atoms with van der Waals surface area (Å²) in [5, 5.41) is 12.6. The van der Waals surface area contributed by atoms with E-state index >= 15 is 0 Å². The number of carbonyl (C=O) groups is 2. The van der Waals surface area contributed by atoms with Crippen molar-refractivity contribution in [1.82, 2.24) is 5.32 Å². The Balaban J connectivity index is 0.00000250. The number of alkyl halides is 3. The average molecular weight is 587 g/mol. The fourth-order valence-electron chi connectivity index (χ4n) is 3.21. The van der Waals surface area contributed by atoms with Crippen molar-refractivity contribution in [3.63, 3.8) is 0 Å². The Hall–Kier alpha value is -3.49. The third-order valence-corrected chi connectivity index (χ3v) is 5.06. The van der Waals surface area contributed by atoms with Gasteiger partial charge in [-0.25, -0.2) is 0 Å². The highest BCUT2D eigenvalue weighted by Crippen LogP contribution is 2.30. The summed E-state index contributed by atoms with van der Waals surface area (Å²) in [5.41, 5.74) is 10.3. The maximum Gasteiger partial charge on any atom is 0.573 e. The molecule has 0 bridgehead atoms. The molecule has 230 valence electrons. The number of amides is 2. The lowest BCUT2D eigenvalue weighted by Gasteiger charge is -2.28. The lowest BCUT2D eigenvalue weighted by Crippen LogP contribution is -2.59. The molecule has 2 aromatic rings. The van der Waals surface area contributed by atoms with Gasteiger partial charge in [0.1, 0.15) is 19.0 Å². The van der Waals surface area contributed by atoms with Crippen molar-refractivity contribution in [3.8, 4) is 17.2 Å². The number of benzene rings is 2. The maximum absolute atomic E-state index is 12.7. The van der Waals surface area contributed by atoms with Gasteiger partial charge in [-0.1, -0.05) is 47.6 Å². The van der Waals surface area contributed by atoms with Crippen molar-refractivity contribution in [3.05, 3.63) is 47.5 Å². The van der Waals surface area contributed by atoms with Crippen LogP contribution in [0.2, 0.25) is 0 Å². The molecule has 0 aliphatic carbocycles. The van der Waals surface area contributed by atoms with Gasteiger partial charge in [0.25, 0.3) is 5.91 Å². The minimum atomic E-state index is -4.88. The molecule has 1 unspecified atom stereocenters. The smallest absolute Gasteiger partial charge is 0.489 e. The zero-order chi connectivity index (χ0) is 31.8. The van der Waals surface area contributed by atoms with Crippen LogP contribution in [-0.4, -0.2) is 55.6 Å². The molecular weight excluding hydrogens is 546 g/mol. The molecule has 2 aromatic carbocycles. The number of fused-ring (bicyclic) bond motifs is 1. The maximum atomic E-state index is 12.7. The van der Waals surface area contributed by atoms with Crippen LogP contribution in [0.4, 0.5) is 13.2 Å². The van der Waals surface area contributed by atoms with Gasteiger partial charge >= 0.3 is 13.5 Å². The highest BCUT2D eigenvalue weighted by molar-refractivity contribution is 6.62. The molecule has 41 heavy (non-hydrogen) atoms. The topological polar surface area (TPSA) is 155 Å². The molecule has 2 amide bonds. The van der Waals surface area contributed by atoms with Crippen LogP contribution in [0.3, 0.4) is 0 Å². The SMILES string of the molecule is CC.CC.CC.CC(COc1ccc2c(c1OCCN)B(O)OC2)(NC(=O)c1ccc(OC(F)(F)F)cc1)C(N)=O. The van der Waals surface area contributed by atoms with Crippen LogP contribution in [-0.2, 0) is 16.1 Å². The minimum absolute atomic E-state index is 0.0447. The van der Waals surface area contributed by atoms with Gasteiger partial charge < -0.3 is 40.7 Å². The summed E-state index contributed by atoms with van der Waals surface area (Å²) in [6, 6.07) is 7.31. The second-order valence-electron chi connectivity index (χ2n) is 7.78. The highest BCUT2D eigenvalue weighted by atomic mass is 19.4. The van der Waals surface area contributed by atoms with Crippen molar-refractivity contribution in [2.75, 3.05) is 19.8 Å². The molecule has 14 heteroatoms. The number of nitrogens with one attached hydrogen (secondary N) is 1. The monoisotopic (exact) mass is 587 g/mol. The number of hydrogen-bond acceptors (Lipinski definition) is 8. The minimum Gasteiger partial charge on any atom is -0.489 e. The molecule has 1 atom stereocenters. The first-order valence-corrected chi connectivity index (χ1v) is 13.3. The van der Waals surface area contributed by atoms with E-state index in [1.165, 1.54) is 6.92 Å². The van der Waals surface area contributed by atoms with Crippen molar-refractivity contribution >= 4 is 24.4 Å². The molecule has 0 saturated carbocycles. The summed E-state index contributed by atoms with van der Waals surface area (Å²) < 4.78 is 57.3. The molecule has 0 aromatic heterocycles. The Labute approximate surface area is 239 Å². The first kappa shape index (κ1) is 37.5. The summed E-state index contributed by atoms with van der Waals surface area (Å²) in [5.74, 6) is -1.90. The van der Waals surface area contributed by atoms with Crippen molar-refractivity contribution in [2.45, 2.75) is 67.0 Å². The van der Waals surface area contributed by atoms with E-state index in [1.54, 1.807) is 12.1 Å². The lowest BCUT2D eigenvalue weighted by molar-refractivity contribution is -0.274. The predicted octanol–water partition coefficient (Wildman–Crippen LogP) is 3.27. The second-order valence-corrected chi connectivity index (χ2v) is 7.78. The molecule has 0 fully saturated rings. The van der Waals surface area contributed by atoms with Gasteiger partial charge in [0, 0.05) is 17.6 Å². The van der Waals surface area contributed by atoms with Gasteiger partial charge in [-0.3, -0.25) is 9.59 Å². The molecule has 1 aliphatic rings. The Morgan fingerprint density at radius 3 is 2.12 bits per heavy atom. The number of halogens is 3. The number of rotatable bonds is 10. The molecule has 1 aliphatic heterocycles. The molecule has 1 heterocycles. The quantitative estimate of drug-likeness (QED) is 0.309. The lowest BCUT2D eigenvalue weighted by atomic mass is 9.78. The summed E-state index contributed by atoms with van der Waals surface area (Å²) >= 11 is 0. The van der Waals surface area contributed by atoms with E-state index < -0.39 is 43.2 Å². The fraction of sp³-hybridized carbons (Fsp3) is 0.481. The molecule has 10 nitrogen and oxygen atoms in total. The zero-order valence-corrected chi connectivity index (χ0v) is 24.6. The number of nitrogens with two attached hydrogens (primary N) is 2. The Bertz CT molecular complexity index is 1090. The normalized spacial score (nSPS) is 12.9. The van der Waals surface area contributed by atoms with Gasteiger partial charge in [0.15, 0.2) is 17.0 Å². The molecule has 0 spiro atoms. The van der Waals surface area contributed by atoms with E-state index in [0.29, 0.717) is 11.0 Å². The Kier molecular flexibility index (Phi) is 16.5. The van der Waals surface area contributed by atoms with E-state index in [9.17, 15) is 27.8 Å².